The largest absolute Gasteiger partial charge is 0.493 e. The molecule has 4 unspecified atom stereocenters. The van der Waals surface area contributed by atoms with Crippen molar-refractivity contribution < 1.29 is 52.5 Å². The fourth-order valence-electron chi connectivity index (χ4n) is 28.4. The summed E-state index contributed by atoms with van der Waals surface area (Å²) in [5, 5.41) is 10.7. The zero-order chi connectivity index (χ0) is 74.4. The number of allylic oxidation sites excluding steroid dienone is 4. The van der Waals surface area contributed by atoms with E-state index in [0.29, 0.717) is 107 Å². The van der Waals surface area contributed by atoms with Crippen LogP contribution in [-0.4, -0.2) is 111 Å². The Morgan fingerprint density at radius 2 is 0.717 bits per heavy atom. The maximum Gasteiger partial charge on any atom is 0.160 e. The van der Waals surface area contributed by atoms with Crippen LogP contribution in [0.25, 0.3) is 0 Å². The second-order valence-corrected chi connectivity index (χ2v) is 40.8. The Balaban J connectivity index is 0.000000119. The Labute approximate surface area is 650 Å². The molecule has 106 heavy (non-hydrogen) atoms. The summed E-state index contributed by atoms with van der Waals surface area (Å²) in [6.07, 6.45) is 49.6. The number of aliphatic hydroxyl groups is 1. The highest BCUT2D eigenvalue weighted by Crippen LogP contribution is 2.68. The molecule has 1 aromatic heterocycles. The van der Waals surface area contributed by atoms with E-state index in [1.165, 1.54) is 189 Å². The second-order valence-electron chi connectivity index (χ2n) is 40.0. The third-order valence-electron chi connectivity index (χ3n) is 34.3. The highest BCUT2D eigenvalue weighted by atomic mass is 79.9. The van der Waals surface area contributed by atoms with Crippen LogP contribution in [0.5, 0.6) is 5.75 Å². The number of carbonyl (C=O) groups is 1. The third-order valence-corrected chi connectivity index (χ3v) is 34.8. The lowest BCUT2D eigenvalue weighted by Gasteiger charge is -2.63. The van der Waals surface area contributed by atoms with Crippen molar-refractivity contribution in [3.05, 3.63) is 73.1 Å². The Hall–Kier alpha value is -2.30. The molecule has 4 aliphatic heterocycles. The van der Waals surface area contributed by atoms with Gasteiger partial charge in [-0.2, -0.15) is 0 Å². The van der Waals surface area contributed by atoms with Gasteiger partial charge in [-0.3, -0.25) is 4.98 Å². The van der Waals surface area contributed by atoms with E-state index in [1.807, 2.05) is 12.1 Å². The average molecular weight is 1530 g/mol. The topological polar surface area (TPSA) is 133 Å². The molecular formula is C93H144BrNO11. The van der Waals surface area contributed by atoms with Gasteiger partial charge in [0.25, 0.3) is 0 Å². The number of fused-ring (bicyclic) bond motifs is 12. The minimum absolute atomic E-state index is 0.0225. The quantitative estimate of drug-likeness (QED) is 0.108. The van der Waals surface area contributed by atoms with Crippen LogP contribution in [0.4, 0.5) is 0 Å². The number of hydrogen-bond donors (Lipinski definition) is 1. The number of ether oxygens (including phenoxy) is 9. The van der Waals surface area contributed by atoms with Gasteiger partial charge in [0, 0.05) is 76.1 Å². The number of aromatic nitrogens is 1. The van der Waals surface area contributed by atoms with Gasteiger partial charge in [-0.25, -0.2) is 0 Å². The molecule has 12 nitrogen and oxygen atoms in total. The van der Waals surface area contributed by atoms with Gasteiger partial charge in [0.1, 0.15) is 12.0 Å². The van der Waals surface area contributed by atoms with E-state index in [-0.39, 0.29) is 69.7 Å². The van der Waals surface area contributed by atoms with Crippen molar-refractivity contribution in [2.75, 3.05) is 45.0 Å². The van der Waals surface area contributed by atoms with Crippen molar-refractivity contribution in [1.82, 2.24) is 4.98 Å². The number of aliphatic hydroxyl groups excluding tert-OH is 1. The van der Waals surface area contributed by atoms with Crippen molar-refractivity contribution >= 4 is 22.2 Å². The molecule has 17 rings (SSSR count). The standard InChI is InChI=1S/C27H39NO3.C22H35BrO2.C22H36O3.C22H34O3/c1-19-8-9-23-26(2,22(19)13-17-29-21-11-15-28-16-12-21)14-10-24-27(23,3)18-30-25(31-24)20-6-4-5-7-20;3*1-15-8-9-18-21(2,17(15)11-13-23)12-10-19-22(18,3)14-24-20(25-19)16-6-4-5-7-16/h11-12,15-16,20,22-25H,1,4-10,13-14,17-18H2,2-3H3;16-20H,1,4-14H2,2-3H3;16-20,23H,1,4-14H2,2-3H3;13,16-20H,1,4-12,14H2,2-3H3/t22-,23?,24-,25-,26+,27+;3*17-,18?,19-,20-,21+,22+/m1111/s1. The molecule has 4 saturated heterocycles. The van der Waals surface area contributed by atoms with E-state index in [4.69, 9.17) is 42.6 Å². The van der Waals surface area contributed by atoms with Crippen LogP contribution < -0.4 is 4.74 Å². The molecule has 12 saturated carbocycles. The van der Waals surface area contributed by atoms with Gasteiger partial charge in [0.05, 0.1) is 57.5 Å². The minimum Gasteiger partial charge on any atom is -0.493 e. The number of rotatable bonds is 14. The maximum absolute atomic E-state index is 11.3. The van der Waals surface area contributed by atoms with Gasteiger partial charge >= 0.3 is 0 Å². The smallest absolute Gasteiger partial charge is 0.160 e. The number of alkyl halides is 1. The molecular weight excluding hydrogens is 1390 g/mol. The molecule has 16 aliphatic rings. The zero-order valence-electron chi connectivity index (χ0n) is 67.5. The van der Waals surface area contributed by atoms with Crippen LogP contribution in [0.15, 0.2) is 73.1 Å². The molecule has 0 bridgehead atoms. The summed E-state index contributed by atoms with van der Waals surface area (Å²) in [6.45, 7) is 41.7. The molecule has 0 amide bonds. The predicted molar refractivity (Wildman–Crippen MR) is 425 cm³/mol. The molecule has 24 atom stereocenters. The summed E-state index contributed by atoms with van der Waals surface area (Å²) in [4.78, 5) is 15.4. The number of carbonyl (C=O) groups excluding carboxylic acids is 1. The Morgan fingerprint density at radius 1 is 0.425 bits per heavy atom. The van der Waals surface area contributed by atoms with Crippen LogP contribution in [-0.2, 0) is 42.7 Å². The highest BCUT2D eigenvalue weighted by Gasteiger charge is 2.65. The summed E-state index contributed by atoms with van der Waals surface area (Å²) in [5.41, 5.74) is 7.01. The van der Waals surface area contributed by atoms with E-state index < -0.39 is 0 Å². The molecule has 5 heterocycles. The van der Waals surface area contributed by atoms with Crippen LogP contribution in [0, 0.1) is 114 Å². The number of nitrogens with zero attached hydrogens (tertiary/aromatic N) is 1. The average Bonchev–Trinajstić information content (AvgIpc) is 1.62. The number of hydrogen-bond acceptors (Lipinski definition) is 12. The Bertz CT molecular complexity index is 3070. The van der Waals surface area contributed by atoms with Gasteiger partial charge in [0.15, 0.2) is 25.2 Å². The van der Waals surface area contributed by atoms with Crippen LogP contribution in [0.2, 0.25) is 0 Å². The van der Waals surface area contributed by atoms with Crippen molar-refractivity contribution in [3.63, 3.8) is 0 Å². The second kappa shape index (κ2) is 33.3. The van der Waals surface area contributed by atoms with Crippen LogP contribution in [0.3, 0.4) is 0 Å². The maximum atomic E-state index is 11.3. The highest BCUT2D eigenvalue weighted by molar-refractivity contribution is 9.09. The summed E-state index contributed by atoms with van der Waals surface area (Å²) in [7, 11) is 0. The molecule has 16 fully saturated rings. The van der Waals surface area contributed by atoms with E-state index in [1.54, 1.807) is 12.4 Å². The van der Waals surface area contributed by atoms with Crippen molar-refractivity contribution in [2.45, 2.75) is 336 Å². The van der Waals surface area contributed by atoms with Crippen LogP contribution >= 0.6 is 15.9 Å². The van der Waals surface area contributed by atoms with Crippen LogP contribution in [0.1, 0.15) is 287 Å². The van der Waals surface area contributed by atoms with Gasteiger partial charge in [-0.05, 0) is 254 Å². The first-order valence-electron chi connectivity index (χ1n) is 43.9. The number of aldehydes is 1. The van der Waals surface area contributed by atoms with Crippen molar-refractivity contribution in [3.8, 4) is 5.75 Å². The first-order valence-corrected chi connectivity index (χ1v) is 45.0. The zero-order valence-corrected chi connectivity index (χ0v) is 69.1. The lowest BCUT2D eigenvalue weighted by Crippen LogP contribution is -2.62. The van der Waals surface area contributed by atoms with E-state index in [9.17, 15) is 9.90 Å². The third kappa shape index (κ3) is 15.2. The summed E-state index contributed by atoms with van der Waals surface area (Å²) >= 11 is 3.69. The summed E-state index contributed by atoms with van der Waals surface area (Å²) < 4.78 is 58.1. The Kier molecular flexibility index (Phi) is 25.2. The molecule has 1 N–H and O–H groups in total. The molecule has 1 aromatic rings. The van der Waals surface area contributed by atoms with E-state index in [2.05, 4.69) is 103 Å². The molecule has 0 radical (unpaired) electrons. The number of halogens is 1. The Morgan fingerprint density at radius 3 is 1.02 bits per heavy atom. The monoisotopic (exact) mass is 1530 g/mol. The fraction of sp³-hybridized carbons (Fsp3) is 0.849. The van der Waals surface area contributed by atoms with Gasteiger partial charge in [-0.15, -0.1) is 0 Å². The number of pyridine rings is 1. The molecule has 12 aliphatic carbocycles. The van der Waals surface area contributed by atoms with Gasteiger partial charge in [-0.1, -0.05) is 171 Å². The lowest BCUT2D eigenvalue weighted by atomic mass is 9.46. The summed E-state index contributed by atoms with van der Waals surface area (Å²) in [5.74, 6) is 7.76. The first kappa shape index (κ1) is 80.3. The van der Waals surface area contributed by atoms with Crippen molar-refractivity contribution in [1.29, 1.82) is 0 Å². The SMILES string of the molecule is C=C1CCC2[C@]3(C)CO[C@@H](C4CCCC4)O[C@@H]3CC[C@@]2(C)[C@@H]1CC=O.C=C1CCC2[C@]3(C)CO[C@@H](C4CCCC4)O[C@@H]3CC[C@@]2(C)[C@@H]1CCBr.C=C1CCC2[C@]3(C)CO[C@@H](C4CCCC4)O[C@@H]3CC[C@@]2(C)[C@@H]1CCO.C=C1CCC2[C@]3(C)CO[C@@H](C4CCCC4)O[C@@H]3CC[C@@]2(C)[C@@H]1CCOc1ccncc1. The molecule has 594 valence electrons. The lowest BCUT2D eigenvalue weighted by molar-refractivity contribution is -0.316. The summed E-state index contributed by atoms with van der Waals surface area (Å²) in [6, 6.07) is 3.87. The van der Waals surface area contributed by atoms with E-state index >= 15 is 0 Å². The van der Waals surface area contributed by atoms with Gasteiger partial charge in [0.2, 0.25) is 0 Å². The molecule has 13 heteroatoms. The normalized spacial score (nSPS) is 46.0. The molecule has 0 spiro atoms. The van der Waals surface area contributed by atoms with E-state index in [0.717, 1.165) is 108 Å². The fourth-order valence-corrected chi connectivity index (χ4v) is 28.9. The van der Waals surface area contributed by atoms with Gasteiger partial charge < -0.3 is 52.5 Å². The first-order chi connectivity index (χ1) is 51.0. The predicted octanol–water partition coefficient (Wildman–Crippen LogP) is 21.8. The molecule has 0 aromatic carbocycles. The minimum atomic E-state index is 0.0225. The van der Waals surface area contributed by atoms with Crippen molar-refractivity contribution in [2.24, 2.45) is 114 Å².